The fraction of sp³-hybridized carbons (Fsp3) is 0.857. The number of hydrogen-bond donors (Lipinski definition) is 1. The van der Waals surface area contributed by atoms with E-state index in [-0.39, 0.29) is 17.4 Å². The molecule has 2 heterocycles. The lowest BCUT2D eigenvalue weighted by molar-refractivity contribution is -0.0203. The molecular formula is C14H24N2O4. The smallest absolute Gasteiger partial charge is 0.234 e. The number of rotatable bonds is 4. The molecule has 0 amide bonds. The first-order chi connectivity index (χ1) is 9.43. The number of aromatic nitrogens is 2. The molecule has 1 fully saturated rings. The second kappa shape index (κ2) is 6.20. The first-order valence-electron chi connectivity index (χ1n) is 7.14. The van der Waals surface area contributed by atoms with Crippen molar-refractivity contribution in [2.24, 2.45) is 5.41 Å². The first kappa shape index (κ1) is 15.4. The summed E-state index contributed by atoms with van der Waals surface area (Å²) in [7, 11) is 0. The van der Waals surface area contributed by atoms with Crippen LogP contribution in [0.4, 0.5) is 0 Å². The highest BCUT2D eigenvalue weighted by Crippen LogP contribution is 2.35. The molecule has 1 aromatic rings. The molecule has 1 saturated heterocycles. The van der Waals surface area contributed by atoms with Gasteiger partial charge in [-0.05, 0) is 18.8 Å². The van der Waals surface area contributed by atoms with Crippen LogP contribution in [0.25, 0.3) is 0 Å². The van der Waals surface area contributed by atoms with Crippen molar-refractivity contribution in [1.82, 2.24) is 10.1 Å². The lowest BCUT2D eigenvalue weighted by Crippen LogP contribution is -2.30. The van der Waals surface area contributed by atoms with Gasteiger partial charge in [-0.15, -0.1) is 0 Å². The average Bonchev–Trinajstić information content (AvgIpc) is 2.84. The number of nitrogens with zero attached hydrogens (tertiary/aromatic N) is 2. The molecule has 0 radical (unpaired) electrons. The molecule has 20 heavy (non-hydrogen) atoms. The van der Waals surface area contributed by atoms with Gasteiger partial charge in [0.2, 0.25) is 11.7 Å². The lowest BCUT2D eigenvalue weighted by atomic mass is 9.88. The standard InChI is InChI=1S/C14H24N2O4/c1-5-19-11(14(2,3)4)12-15-13(20-16-12)9-8-18-7-6-10(9)17/h9-11,17H,5-8H2,1-4H3. The summed E-state index contributed by atoms with van der Waals surface area (Å²) in [4.78, 5) is 4.43. The van der Waals surface area contributed by atoms with Gasteiger partial charge in [-0.2, -0.15) is 4.98 Å². The number of ether oxygens (including phenoxy) is 2. The minimum absolute atomic E-state index is 0.126. The highest BCUT2D eigenvalue weighted by molar-refractivity contribution is 5.02. The van der Waals surface area contributed by atoms with Crippen LogP contribution in [0.3, 0.4) is 0 Å². The molecule has 0 bridgehead atoms. The summed E-state index contributed by atoms with van der Waals surface area (Å²) in [6, 6.07) is 0. The van der Waals surface area contributed by atoms with Crippen LogP contribution in [-0.4, -0.2) is 41.2 Å². The number of aliphatic hydroxyl groups excluding tert-OH is 1. The molecule has 0 spiro atoms. The van der Waals surface area contributed by atoms with Crippen molar-refractivity contribution in [3.05, 3.63) is 11.7 Å². The normalized spacial score (nSPS) is 25.6. The van der Waals surface area contributed by atoms with Gasteiger partial charge >= 0.3 is 0 Å². The summed E-state index contributed by atoms with van der Waals surface area (Å²) in [5, 5.41) is 14.0. The van der Waals surface area contributed by atoms with Gasteiger partial charge < -0.3 is 19.1 Å². The largest absolute Gasteiger partial charge is 0.392 e. The molecule has 0 aromatic carbocycles. The van der Waals surface area contributed by atoms with Gasteiger partial charge in [0.25, 0.3) is 0 Å². The zero-order valence-electron chi connectivity index (χ0n) is 12.6. The van der Waals surface area contributed by atoms with Crippen molar-refractivity contribution in [2.45, 2.75) is 52.2 Å². The molecular weight excluding hydrogens is 260 g/mol. The molecule has 1 aliphatic heterocycles. The van der Waals surface area contributed by atoms with Crippen LogP contribution in [-0.2, 0) is 9.47 Å². The molecule has 1 aliphatic rings. The predicted molar refractivity (Wildman–Crippen MR) is 72.3 cm³/mol. The third-order valence-corrected chi connectivity index (χ3v) is 3.45. The maximum atomic E-state index is 9.99. The molecule has 1 aromatic heterocycles. The van der Waals surface area contributed by atoms with Crippen molar-refractivity contribution in [1.29, 1.82) is 0 Å². The Hall–Kier alpha value is -0.980. The molecule has 0 aliphatic carbocycles. The summed E-state index contributed by atoms with van der Waals surface area (Å²) >= 11 is 0. The maximum Gasteiger partial charge on any atom is 0.234 e. The van der Waals surface area contributed by atoms with E-state index in [0.29, 0.717) is 38.0 Å². The van der Waals surface area contributed by atoms with E-state index in [4.69, 9.17) is 14.0 Å². The van der Waals surface area contributed by atoms with Gasteiger partial charge in [-0.1, -0.05) is 25.9 Å². The highest BCUT2D eigenvalue weighted by Gasteiger charge is 2.34. The number of hydrogen-bond acceptors (Lipinski definition) is 6. The zero-order valence-corrected chi connectivity index (χ0v) is 12.6. The van der Waals surface area contributed by atoms with E-state index in [1.807, 2.05) is 6.92 Å². The second-order valence-electron chi connectivity index (χ2n) is 6.23. The van der Waals surface area contributed by atoms with Crippen LogP contribution in [0.5, 0.6) is 0 Å². The quantitative estimate of drug-likeness (QED) is 0.912. The first-order valence-corrected chi connectivity index (χ1v) is 7.14. The SMILES string of the molecule is CCOC(c1noc(C2COCCC2O)n1)C(C)(C)C. The average molecular weight is 284 g/mol. The monoisotopic (exact) mass is 284 g/mol. The Labute approximate surface area is 119 Å². The van der Waals surface area contributed by atoms with Crippen LogP contribution in [0.15, 0.2) is 4.52 Å². The van der Waals surface area contributed by atoms with Gasteiger partial charge in [0.1, 0.15) is 6.10 Å². The second-order valence-corrected chi connectivity index (χ2v) is 6.23. The predicted octanol–water partition coefficient (Wildman–Crippen LogP) is 2.06. The molecule has 6 nitrogen and oxygen atoms in total. The molecule has 1 N–H and O–H groups in total. The third kappa shape index (κ3) is 3.37. The number of aliphatic hydroxyl groups is 1. The molecule has 114 valence electrons. The van der Waals surface area contributed by atoms with E-state index >= 15 is 0 Å². The summed E-state index contributed by atoms with van der Waals surface area (Å²) < 4.78 is 16.4. The van der Waals surface area contributed by atoms with Crippen LogP contribution in [0, 0.1) is 5.41 Å². The Morgan fingerprint density at radius 2 is 2.20 bits per heavy atom. The van der Waals surface area contributed by atoms with Crippen molar-refractivity contribution in [3.8, 4) is 0 Å². The topological polar surface area (TPSA) is 77.6 Å². The Morgan fingerprint density at radius 3 is 2.80 bits per heavy atom. The van der Waals surface area contributed by atoms with Crippen LogP contribution < -0.4 is 0 Å². The fourth-order valence-electron chi connectivity index (χ4n) is 2.35. The summed E-state index contributed by atoms with van der Waals surface area (Å²) in [6.45, 7) is 9.73. The van der Waals surface area contributed by atoms with E-state index in [9.17, 15) is 5.11 Å². The minimum Gasteiger partial charge on any atom is -0.392 e. The molecule has 0 saturated carbocycles. The van der Waals surface area contributed by atoms with E-state index in [2.05, 4.69) is 30.9 Å². The zero-order chi connectivity index (χ0) is 14.8. The van der Waals surface area contributed by atoms with Crippen molar-refractivity contribution >= 4 is 0 Å². The molecule has 3 atom stereocenters. The minimum atomic E-state index is -0.489. The maximum absolute atomic E-state index is 9.99. The van der Waals surface area contributed by atoms with Gasteiger partial charge in [0.15, 0.2) is 0 Å². The van der Waals surface area contributed by atoms with Crippen LogP contribution in [0.2, 0.25) is 0 Å². The van der Waals surface area contributed by atoms with Crippen molar-refractivity contribution in [3.63, 3.8) is 0 Å². The summed E-state index contributed by atoms with van der Waals surface area (Å²) in [5.74, 6) is 0.723. The molecule has 6 heteroatoms. The van der Waals surface area contributed by atoms with E-state index in [1.165, 1.54) is 0 Å². The van der Waals surface area contributed by atoms with Gasteiger partial charge in [0.05, 0.1) is 18.6 Å². The Morgan fingerprint density at radius 1 is 1.45 bits per heavy atom. The molecule has 2 rings (SSSR count). The fourth-order valence-corrected chi connectivity index (χ4v) is 2.35. The van der Waals surface area contributed by atoms with Crippen molar-refractivity contribution in [2.75, 3.05) is 19.8 Å². The summed E-state index contributed by atoms with van der Waals surface area (Å²) in [6.07, 6.45) is -0.125. The van der Waals surface area contributed by atoms with E-state index in [0.717, 1.165) is 0 Å². The Balaban J connectivity index is 2.18. The van der Waals surface area contributed by atoms with E-state index < -0.39 is 6.10 Å². The Bertz CT molecular complexity index is 427. The third-order valence-electron chi connectivity index (χ3n) is 3.45. The van der Waals surface area contributed by atoms with E-state index in [1.54, 1.807) is 0 Å². The van der Waals surface area contributed by atoms with Crippen molar-refractivity contribution < 1.29 is 19.1 Å². The van der Waals surface area contributed by atoms with Crippen LogP contribution >= 0.6 is 0 Å². The highest BCUT2D eigenvalue weighted by atomic mass is 16.5. The Kier molecular flexibility index (Phi) is 4.78. The van der Waals surface area contributed by atoms with Gasteiger partial charge in [-0.3, -0.25) is 0 Å². The van der Waals surface area contributed by atoms with Gasteiger partial charge in [-0.25, -0.2) is 0 Å². The van der Waals surface area contributed by atoms with Gasteiger partial charge in [0, 0.05) is 13.2 Å². The lowest BCUT2D eigenvalue weighted by Gasteiger charge is -2.27. The van der Waals surface area contributed by atoms with Crippen LogP contribution in [0.1, 0.15) is 57.9 Å². The molecule has 3 unspecified atom stereocenters. The summed E-state index contributed by atoms with van der Waals surface area (Å²) in [5.41, 5.74) is -0.126.